The summed E-state index contributed by atoms with van der Waals surface area (Å²) in [6.45, 7) is 0. The first-order valence-corrected chi connectivity index (χ1v) is 12.4. The third-order valence-electron chi connectivity index (χ3n) is 6.75. The average Bonchev–Trinajstić information content (AvgIpc) is 3.51. The molecule has 33 heavy (non-hydrogen) atoms. The largest absolute Gasteiger partial charge is 0.322 e. The predicted molar refractivity (Wildman–Crippen MR) is 137 cm³/mol. The molecule has 2 N–H and O–H groups in total. The van der Waals surface area contributed by atoms with Crippen LogP contribution in [0.2, 0.25) is 0 Å². The molecule has 1 saturated carbocycles. The summed E-state index contributed by atoms with van der Waals surface area (Å²) in [5.41, 5.74) is 4.81. The molecule has 0 unspecified atom stereocenters. The number of rotatable bonds is 4. The fourth-order valence-electron chi connectivity index (χ4n) is 4.98. The molecule has 2 heterocycles. The van der Waals surface area contributed by atoms with E-state index in [1.165, 1.54) is 47.8 Å². The van der Waals surface area contributed by atoms with Gasteiger partial charge in [-0.05, 0) is 66.1 Å². The van der Waals surface area contributed by atoms with Gasteiger partial charge in [-0.25, -0.2) is 0 Å². The number of hydrogen-bond donors (Lipinski definition) is 2. The zero-order chi connectivity index (χ0) is 22.2. The Kier molecular flexibility index (Phi) is 5.19. The molecular formula is C28H25N3OS. The molecule has 1 amide bonds. The number of hydrogen-bond acceptors (Lipinski definition) is 3. The van der Waals surface area contributed by atoms with Crippen LogP contribution >= 0.6 is 11.3 Å². The summed E-state index contributed by atoms with van der Waals surface area (Å²) in [7, 11) is 0. The first kappa shape index (κ1) is 20.2. The maximum atomic E-state index is 13.2. The van der Waals surface area contributed by atoms with E-state index in [0.717, 1.165) is 27.0 Å². The van der Waals surface area contributed by atoms with E-state index in [1.54, 1.807) is 17.5 Å². The van der Waals surface area contributed by atoms with Crippen LogP contribution < -0.4 is 5.32 Å². The van der Waals surface area contributed by atoms with Crippen LogP contribution in [0.3, 0.4) is 0 Å². The number of benzene rings is 3. The Bertz CT molecular complexity index is 1410. The van der Waals surface area contributed by atoms with E-state index >= 15 is 0 Å². The lowest BCUT2D eigenvalue weighted by Gasteiger charge is -2.22. The van der Waals surface area contributed by atoms with Gasteiger partial charge in [-0.15, -0.1) is 11.3 Å². The Labute approximate surface area is 196 Å². The van der Waals surface area contributed by atoms with Gasteiger partial charge < -0.3 is 5.32 Å². The number of fused-ring (bicyclic) bond motifs is 2. The molecule has 0 radical (unpaired) electrons. The number of aromatic nitrogens is 2. The number of nitrogens with one attached hydrogen (secondary N) is 2. The number of anilines is 1. The number of aromatic amines is 1. The third-order valence-corrected chi connectivity index (χ3v) is 7.90. The Hall–Kier alpha value is -3.44. The molecule has 2 aromatic heterocycles. The molecule has 5 aromatic rings. The van der Waals surface area contributed by atoms with Gasteiger partial charge in [0.2, 0.25) is 0 Å². The molecule has 3 aromatic carbocycles. The van der Waals surface area contributed by atoms with Crippen molar-refractivity contribution in [1.29, 1.82) is 0 Å². The van der Waals surface area contributed by atoms with E-state index in [0.29, 0.717) is 11.5 Å². The van der Waals surface area contributed by atoms with E-state index < -0.39 is 0 Å². The van der Waals surface area contributed by atoms with Gasteiger partial charge in [0.1, 0.15) is 0 Å². The Morgan fingerprint density at radius 2 is 1.76 bits per heavy atom. The van der Waals surface area contributed by atoms with E-state index in [4.69, 9.17) is 0 Å². The highest BCUT2D eigenvalue weighted by atomic mass is 32.1. The highest BCUT2D eigenvalue weighted by molar-refractivity contribution is 7.22. The van der Waals surface area contributed by atoms with Crippen molar-refractivity contribution in [3.63, 3.8) is 0 Å². The number of amides is 1. The zero-order valence-electron chi connectivity index (χ0n) is 18.3. The zero-order valence-corrected chi connectivity index (χ0v) is 19.1. The van der Waals surface area contributed by atoms with Crippen LogP contribution in [0.5, 0.6) is 0 Å². The molecule has 0 saturated heterocycles. The van der Waals surface area contributed by atoms with Crippen molar-refractivity contribution in [2.75, 3.05) is 5.32 Å². The predicted octanol–water partition coefficient (Wildman–Crippen LogP) is 7.74. The second kappa shape index (κ2) is 8.49. The van der Waals surface area contributed by atoms with Gasteiger partial charge in [0.25, 0.3) is 5.91 Å². The normalized spacial score (nSPS) is 14.7. The van der Waals surface area contributed by atoms with Crippen molar-refractivity contribution >= 4 is 43.9 Å². The van der Waals surface area contributed by atoms with Crippen LogP contribution in [0.25, 0.3) is 31.4 Å². The SMILES string of the molecule is O=C(Nc1ccc(C2CCCCC2)cc1)c1cc(-c2cc3ccccc3s2)c2[nH]ncc2c1. The van der Waals surface area contributed by atoms with E-state index in [9.17, 15) is 4.79 Å². The van der Waals surface area contributed by atoms with Crippen molar-refractivity contribution in [2.45, 2.75) is 38.0 Å². The lowest BCUT2D eigenvalue weighted by atomic mass is 9.84. The summed E-state index contributed by atoms with van der Waals surface area (Å²) in [5, 5.41) is 12.6. The highest BCUT2D eigenvalue weighted by Crippen LogP contribution is 2.37. The molecule has 1 aliphatic rings. The molecule has 1 aliphatic carbocycles. The summed E-state index contributed by atoms with van der Waals surface area (Å²) < 4.78 is 1.23. The standard InChI is InChI=1S/C28H25N3OS/c32-28(30-23-12-10-19(11-13-23)18-6-2-1-3-7-18)21-14-22-17-29-31-27(22)24(15-21)26-16-20-8-4-5-9-25(20)33-26/h4-5,8-18H,1-3,6-7H2,(H,29,31)(H,30,32). The quantitative estimate of drug-likeness (QED) is 0.293. The molecule has 0 bridgehead atoms. The lowest BCUT2D eigenvalue weighted by Crippen LogP contribution is -2.12. The summed E-state index contributed by atoms with van der Waals surface area (Å²) in [6.07, 6.45) is 8.33. The number of H-pyrrole nitrogens is 1. The maximum Gasteiger partial charge on any atom is 0.255 e. The van der Waals surface area contributed by atoms with Gasteiger partial charge in [0.05, 0.1) is 11.7 Å². The molecule has 164 valence electrons. The number of carbonyl (C=O) groups excluding carboxylic acids is 1. The molecule has 0 aliphatic heterocycles. The van der Waals surface area contributed by atoms with Crippen molar-refractivity contribution in [2.24, 2.45) is 0 Å². The Morgan fingerprint density at radius 1 is 0.939 bits per heavy atom. The fraction of sp³-hybridized carbons (Fsp3) is 0.214. The van der Waals surface area contributed by atoms with Gasteiger partial charge >= 0.3 is 0 Å². The molecule has 6 rings (SSSR count). The Morgan fingerprint density at radius 3 is 2.58 bits per heavy atom. The minimum atomic E-state index is -0.106. The van der Waals surface area contributed by atoms with Crippen LogP contribution in [-0.2, 0) is 0 Å². The van der Waals surface area contributed by atoms with Crippen molar-refractivity contribution < 1.29 is 4.79 Å². The molecule has 0 atom stereocenters. The minimum Gasteiger partial charge on any atom is -0.322 e. The number of carbonyl (C=O) groups is 1. The van der Waals surface area contributed by atoms with Crippen LogP contribution in [0.4, 0.5) is 5.69 Å². The second-order valence-corrected chi connectivity index (χ2v) is 10.0. The topological polar surface area (TPSA) is 57.8 Å². The highest BCUT2D eigenvalue weighted by Gasteiger charge is 2.17. The van der Waals surface area contributed by atoms with Gasteiger partial charge in [0.15, 0.2) is 0 Å². The number of nitrogens with zero attached hydrogens (tertiary/aromatic N) is 1. The molecule has 4 nitrogen and oxygen atoms in total. The van der Waals surface area contributed by atoms with Crippen LogP contribution in [0, 0.1) is 0 Å². The van der Waals surface area contributed by atoms with Gasteiger partial charge in [-0.1, -0.05) is 49.6 Å². The van der Waals surface area contributed by atoms with E-state index in [2.05, 4.69) is 51.9 Å². The summed E-state index contributed by atoms with van der Waals surface area (Å²) in [5.74, 6) is 0.557. The van der Waals surface area contributed by atoms with E-state index in [1.807, 2.05) is 30.3 Å². The van der Waals surface area contributed by atoms with E-state index in [-0.39, 0.29) is 5.91 Å². The average molecular weight is 452 g/mol. The van der Waals surface area contributed by atoms with Crippen molar-refractivity contribution in [3.8, 4) is 10.4 Å². The second-order valence-electron chi connectivity index (χ2n) is 8.92. The molecule has 1 fully saturated rings. The molecular weight excluding hydrogens is 426 g/mol. The van der Waals surface area contributed by atoms with Crippen LogP contribution in [-0.4, -0.2) is 16.1 Å². The fourth-order valence-corrected chi connectivity index (χ4v) is 6.06. The first-order valence-electron chi connectivity index (χ1n) is 11.6. The van der Waals surface area contributed by atoms with Crippen LogP contribution in [0.15, 0.2) is 72.9 Å². The van der Waals surface area contributed by atoms with Gasteiger partial charge in [0, 0.05) is 31.8 Å². The summed E-state index contributed by atoms with van der Waals surface area (Å²) in [6, 6.07) is 22.8. The van der Waals surface area contributed by atoms with Gasteiger partial charge in [-0.3, -0.25) is 9.89 Å². The lowest BCUT2D eigenvalue weighted by molar-refractivity contribution is 0.102. The first-order chi connectivity index (χ1) is 16.2. The van der Waals surface area contributed by atoms with Gasteiger partial charge in [-0.2, -0.15) is 5.10 Å². The maximum absolute atomic E-state index is 13.2. The number of thiophene rings is 1. The summed E-state index contributed by atoms with van der Waals surface area (Å²) >= 11 is 1.73. The summed E-state index contributed by atoms with van der Waals surface area (Å²) in [4.78, 5) is 14.3. The Balaban J connectivity index is 1.29. The molecule has 5 heteroatoms. The smallest absolute Gasteiger partial charge is 0.255 e. The monoisotopic (exact) mass is 451 g/mol. The molecule has 0 spiro atoms. The van der Waals surface area contributed by atoms with Crippen LogP contribution in [0.1, 0.15) is 53.9 Å². The van der Waals surface area contributed by atoms with Crippen molar-refractivity contribution in [1.82, 2.24) is 10.2 Å². The van der Waals surface area contributed by atoms with Crippen molar-refractivity contribution in [3.05, 3.63) is 84.1 Å². The third kappa shape index (κ3) is 3.93. The minimum absolute atomic E-state index is 0.106.